The normalized spacial score (nSPS) is 11.3. The molecule has 0 radical (unpaired) electrons. The Labute approximate surface area is 216 Å². The number of carbonyl (C=O) groups is 1. The number of pyridine rings is 1. The number of H-pyrrole nitrogens is 1. The van der Waals surface area contributed by atoms with Gasteiger partial charge in [0.2, 0.25) is 0 Å². The molecule has 0 saturated heterocycles. The van der Waals surface area contributed by atoms with Gasteiger partial charge < -0.3 is 30.4 Å². The van der Waals surface area contributed by atoms with Crippen molar-refractivity contribution in [3.8, 4) is 28.1 Å². The van der Waals surface area contributed by atoms with E-state index in [0.717, 1.165) is 28.5 Å². The van der Waals surface area contributed by atoms with Crippen molar-refractivity contribution in [1.82, 2.24) is 20.3 Å². The zero-order valence-corrected chi connectivity index (χ0v) is 20.8. The summed E-state index contributed by atoms with van der Waals surface area (Å²) in [5, 5.41) is 32.3. The maximum atomic E-state index is 10.8. The predicted octanol–water partition coefficient (Wildman–Crippen LogP) is 3.93. The summed E-state index contributed by atoms with van der Waals surface area (Å²) in [6.07, 6.45) is 0. The lowest BCUT2D eigenvalue weighted by Crippen LogP contribution is -2.19. The summed E-state index contributed by atoms with van der Waals surface area (Å²) < 4.78 is 5.21. The molecule has 2 aromatic carbocycles. The van der Waals surface area contributed by atoms with Gasteiger partial charge in [-0.3, -0.25) is 4.79 Å². The van der Waals surface area contributed by atoms with Crippen molar-refractivity contribution in [3.05, 3.63) is 59.1 Å². The third-order valence-electron chi connectivity index (χ3n) is 5.26. The summed E-state index contributed by atoms with van der Waals surface area (Å²) in [7, 11) is 0. The van der Waals surface area contributed by atoms with Gasteiger partial charge in [0.15, 0.2) is 10.8 Å². The number of imidazole rings is 1. The third kappa shape index (κ3) is 6.54. The van der Waals surface area contributed by atoms with Gasteiger partial charge in [0.05, 0.1) is 41.8 Å². The lowest BCUT2D eigenvalue weighted by atomic mass is 10.00. The molecule has 11 heteroatoms. The van der Waals surface area contributed by atoms with E-state index in [1.807, 2.05) is 36.4 Å². The number of phenols is 1. The van der Waals surface area contributed by atoms with Gasteiger partial charge in [-0.2, -0.15) is 0 Å². The number of halogens is 1. The molecule has 36 heavy (non-hydrogen) atoms. The Hall–Kier alpha value is -3.15. The number of aliphatic hydroxyl groups excluding tert-OH is 1. The first-order valence-corrected chi connectivity index (χ1v) is 12.5. The van der Waals surface area contributed by atoms with E-state index in [0.29, 0.717) is 58.9 Å². The highest BCUT2D eigenvalue weighted by atomic mass is 35.5. The van der Waals surface area contributed by atoms with Gasteiger partial charge in [-0.15, -0.1) is 0 Å². The number of fused-ring (bicyclic) bond motifs is 1. The molecule has 2 heterocycles. The van der Waals surface area contributed by atoms with Gasteiger partial charge in [0.1, 0.15) is 5.75 Å². The van der Waals surface area contributed by atoms with Gasteiger partial charge in [-0.05, 0) is 23.3 Å². The van der Waals surface area contributed by atoms with E-state index in [1.165, 1.54) is 0 Å². The topological polar surface area (TPSA) is 141 Å². The number of aliphatic hydroxyl groups is 1. The fourth-order valence-corrected chi connectivity index (χ4v) is 4.43. The average molecular weight is 529 g/mol. The number of hydrogen-bond donors (Lipinski definition) is 5. The molecule has 0 spiro atoms. The Kier molecular flexibility index (Phi) is 8.79. The molecule has 0 aliphatic rings. The van der Waals surface area contributed by atoms with Gasteiger partial charge >= 0.3 is 5.97 Å². The second-order valence-electron chi connectivity index (χ2n) is 7.86. The second kappa shape index (κ2) is 12.2. The van der Waals surface area contributed by atoms with Crippen LogP contribution >= 0.6 is 23.4 Å². The number of carboxylic acids is 1. The van der Waals surface area contributed by atoms with Crippen LogP contribution in [0.4, 0.5) is 0 Å². The maximum Gasteiger partial charge on any atom is 0.313 e. The molecule has 188 valence electrons. The summed E-state index contributed by atoms with van der Waals surface area (Å²) in [5.74, 6) is -0.851. The van der Waals surface area contributed by atoms with Crippen LogP contribution < -0.4 is 5.32 Å². The molecule has 0 amide bonds. The number of aromatic amines is 1. The lowest BCUT2D eigenvalue weighted by Gasteiger charge is -2.10. The number of phenolic OH excluding ortho intramolecular Hbond substituents is 1. The van der Waals surface area contributed by atoms with Gasteiger partial charge in [0.25, 0.3) is 0 Å². The third-order valence-corrected chi connectivity index (χ3v) is 6.40. The monoisotopic (exact) mass is 528 g/mol. The van der Waals surface area contributed by atoms with E-state index in [9.17, 15) is 9.90 Å². The molecule has 4 rings (SSSR count). The van der Waals surface area contributed by atoms with E-state index >= 15 is 0 Å². The van der Waals surface area contributed by atoms with E-state index in [2.05, 4.69) is 20.3 Å². The molecule has 0 atom stereocenters. The molecule has 9 nitrogen and oxygen atoms in total. The highest BCUT2D eigenvalue weighted by Crippen LogP contribution is 2.34. The highest BCUT2D eigenvalue weighted by molar-refractivity contribution is 7.99. The fraction of sp³-hybridized carbons (Fsp3) is 0.240. The van der Waals surface area contributed by atoms with Gasteiger partial charge in [-0.1, -0.05) is 59.8 Å². The van der Waals surface area contributed by atoms with Crippen molar-refractivity contribution in [1.29, 1.82) is 0 Å². The number of hydrogen-bond acceptors (Lipinski definition) is 8. The largest absolute Gasteiger partial charge is 0.507 e. The van der Waals surface area contributed by atoms with Crippen LogP contribution in [0.25, 0.3) is 33.5 Å². The maximum absolute atomic E-state index is 10.8. The molecular weight excluding hydrogens is 504 g/mol. The Balaban J connectivity index is 1.46. The number of nitrogens with zero attached hydrogens (tertiary/aromatic N) is 2. The van der Waals surface area contributed by atoms with E-state index in [4.69, 9.17) is 26.6 Å². The number of ether oxygens (including phenoxy) is 1. The van der Waals surface area contributed by atoms with Gasteiger partial charge in [0, 0.05) is 24.2 Å². The quantitative estimate of drug-likeness (QED) is 0.137. The number of aromatic nitrogens is 3. The Morgan fingerprint density at radius 1 is 1.08 bits per heavy atom. The average Bonchev–Trinajstić information content (AvgIpc) is 3.26. The van der Waals surface area contributed by atoms with Crippen LogP contribution in [0.5, 0.6) is 5.75 Å². The van der Waals surface area contributed by atoms with Crippen LogP contribution in [0.1, 0.15) is 5.56 Å². The van der Waals surface area contributed by atoms with Crippen LogP contribution in [0.3, 0.4) is 0 Å². The number of benzene rings is 2. The van der Waals surface area contributed by atoms with Crippen LogP contribution in [-0.2, 0) is 16.1 Å². The molecule has 0 aliphatic heterocycles. The Bertz CT molecular complexity index is 1350. The molecular formula is C25H25ClN4O5S. The number of rotatable bonds is 12. The van der Waals surface area contributed by atoms with Crippen molar-refractivity contribution in [2.24, 2.45) is 0 Å². The summed E-state index contributed by atoms with van der Waals surface area (Å²) in [5.41, 5.74) is 4.93. The number of aliphatic carboxylic acids is 1. The highest BCUT2D eigenvalue weighted by Gasteiger charge is 2.13. The smallest absolute Gasteiger partial charge is 0.313 e. The Morgan fingerprint density at radius 2 is 1.86 bits per heavy atom. The predicted molar refractivity (Wildman–Crippen MR) is 139 cm³/mol. The van der Waals surface area contributed by atoms with Crippen LogP contribution in [0.2, 0.25) is 5.02 Å². The van der Waals surface area contributed by atoms with Crippen molar-refractivity contribution < 1.29 is 24.9 Å². The van der Waals surface area contributed by atoms with Gasteiger partial charge in [-0.25, -0.2) is 9.97 Å². The minimum absolute atomic E-state index is 0.00940. The van der Waals surface area contributed by atoms with Crippen molar-refractivity contribution in [2.45, 2.75) is 11.7 Å². The number of aromatic hydroxyl groups is 1. The SMILES string of the molecule is O=C(O)CSc1nc2nc(-c3ccc(-c4ccc(CNCCOCCO)cc4O)cc3)c(Cl)cc2[nH]1. The molecule has 0 bridgehead atoms. The first kappa shape index (κ1) is 25.9. The molecule has 0 saturated carbocycles. The summed E-state index contributed by atoms with van der Waals surface area (Å²) in [6, 6.07) is 14.8. The molecule has 4 aromatic rings. The summed E-state index contributed by atoms with van der Waals surface area (Å²) >= 11 is 7.56. The molecule has 5 N–H and O–H groups in total. The Morgan fingerprint density at radius 3 is 2.58 bits per heavy atom. The van der Waals surface area contributed by atoms with Crippen molar-refractivity contribution >= 4 is 40.5 Å². The molecule has 0 unspecified atom stereocenters. The standard InChI is InChI=1S/C25H25ClN4O5S/c26-19-12-20-24(30-25(28-20)36-14-22(33)34)29-23(19)17-4-2-16(3-5-17)18-6-1-15(11-21(18)32)13-27-7-9-35-10-8-31/h1-6,11-12,27,31-32H,7-10,13-14H2,(H,33,34)(H,28,29,30). The first-order chi connectivity index (χ1) is 17.4. The van der Waals surface area contributed by atoms with Crippen LogP contribution in [0.15, 0.2) is 53.7 Å². The second-order valence-corrected chi connectivity index (χ2v) is 9.23. The minimum atomic E-state index is -0.926. The first-order valence-electron chi connectivity index (χ1n) is 11.2. The number of carboxylic acid groups (broad SMARTS) is 1. The zero-order valence-electron chi connectivity index (χ0n) is 19.2. The molecule has 0 fully saturated rings. The minimum Gasteiger partial charge on any atom is -0.507 e. The van der Waals surface area contributed by atoms with Crippen molar-refractivity contribution in [3.63, 3.8) is 0 Å². The number of thioether (sulfide) groups is 1. The summed E-state index contributed by atoms with van der Waals surface area (Å²) in [4.78, 5) is 22.8. The molecule has 2 aromatic heterocycles. The van der Waals surface area contributed by atoms with E-state index < -0.39 is 5.97 Å². The van der Waals surface area contributed by atoms with Crippen LogP contribution in [-0.4, -0.2) is 68.4 Å². The molecule has 0 aliphatic carbocycles. The van der Waals surface area contributed by atoms with E-state index in [1.54, 1.807) is 12.1 Å². The summed E-state index contributed by atoms with van der Waals surface area (Å²) in [6.45, 7) is 2.08. The van der Waals surface area contributed by atoms with E-state index in [-0.39, 0.29) is 18.1 Å². The lowest BCUT2D eigenvalue weighted by molar-refractivity contribution is -0.133. The van der Waals surface area contributed by atoms with Crippen LogP contribution in [0, 0.1) is 0 Å². The zero-order chi connectivity index (χ0) is 25.5. The number of nitrogens with one attached hydrogen (secondary N) is 2. The van der Waals surface area contributed by atoms with Crippen molar-refractivity contribution in [2.75, 3.05) is 32.1 Å². The fourth-order valence-electron chi connectivity index (χ4n) is 3.58.